The third-order valence-corrected chi connectivity index (χ3v) is 1.36. The van der Waals surface area contributed by atoms with Gasteiger partial charge in [-0.3, -0.25) is 0 Å². The predicted octanol–water partition coefficient (Wildman–Crippen LogP) is 0.385. The standard InChI is InChI=1S/C7H16NO2/c1-8(5-6-9)4-3-7-10-2/h3-7H2,1-2H3. The second kappa shape index (κ2) is 6.99. The molecule has 0 heterocycles. The molecule has 0 rings (SSSR count). The number of ether oxygens (including phenoxy) is 1. The number of likely N-dealkylation sites (N-methyl/N-ethyl adjacent to an activating group) is 1. The normalized spacial score (nSPS) is 10.8. The highest BCUT2D eigenvalue weighted by Crippen LogP contribution is 1.86. The average molecular weight is 146 g/mol. The Bertz CT molecular complexity index is 68.6. The first-order valence-electron chi connectivity index (χ1n) is 3.57. The molecular weight excluding hydrogens is 130 g/mol. The molecule has 0 aliphatic rings. The van der Waals surface area contributed by atoms with Crippen LogP contribution in [-0.4, -0.2) is 45.4 Å². The summed E-state index contributed by atoms with van der Waals surface area (Å²) in [6.45, 7) is 2.37. The lowest BCUT2D eigenvalue weighted by Crippen LogP contribution is -2.23. The van der Waals surface area contributed by atoms with Crippen molar-refractivity contribution >= 4 is 0 Å². The zero-order valence-electron chi connectivity index (χ0n) is 6.80. The van der Waals surface area contributed by atoms with Gasteiger partial charge in [0.25, 0.3) is 0 Å². The van der Waals surface area contributed by atoms with Crippen molar-refractivity contribution in [1.82, 2.24) is 4.90 Å². The molecule has 0 saturated heterocycles. The van der Waals surface area contributed by atoms with Gasteiger partial charge in [-0.25, -0.2) is 5.11 Å². The lowest BCUT2D eigenvalue weighted by molar-refractivity contribution is 0.140. The van der Waals surface area contributed by atoms with Crippen LogP contribution in [0.5, 0.6) is 0 Å². The van der Waals surface area contributed by atoms with E-state index in [0.29, 0.717) is 6.54 Å². The Kier molecular flexibility index (Phi) is 6.91. The monoisotopic (exact) mass is 146 g/mol. The van der Waals surface area contributed by atoms with Gasteiger partial charge >= 0.3 is 0 Å². The van der Waals surface area contributed by atoms with Crippen LogP contribution in [0, 0.1) is 0 Å². The largest absolute Gasteiger partial charge is 0.385 e. The first-order chi connectivity index (χ1) is 4.81. The lowest BCUT2D eigenvalue weighted by Gasteiger charge is -2.13. The van der Waals surface area contributed by atoms with Crippen LogP contribution in [0.2, 0.25) is 0 Å². The molecule has 0 atom stereocenters. The van der Waals surface area contributed by atoms with Gasteiger partial charge in [-0.05, 0) is 13.5 Å². The summed E-state index contributed by atoms with van der Waals surface area (Å²) in [5, 5.41) is 10.1. The molecule has 0 unspecified atom stereocenters. The molecule has 0 aromatic rings. The van der Waals surface area contributed by atoms with Crippen LogP contribution in [0.1, 0.15) is 6.42 Å². The fraction of sp³-hybridized carbons (Fsp3) is 1.00. The zero-order valence-corrected chi connectivity index (χ0v) is 6.80. The van der Waals surface area contributed by atoms with Gasteiger partial charge in [0.05, 0.1) is 6.61 Å². The first kappa shape index (κ1) is 9.88. The smallest absolute Gasteiger partial charge is 0.0949 e. The Morgan fingerprint density at radius 3 is 2.60 bits per heavy atom. The third kappa shape index (κ3) is 6.01. The van der Waals surface area contributed by atoms with Crippen LogP contribution in [0.25, 0.3) is 0 Å². The maximum atomic E-state index is 10.1. The van der Waals surface area contributed by atoms with E-state index in [1.165, 1.54) is 0 Å². The Morgan fingerprint density at radius 2 is 2.10 bits per heavy atom. The van der Waals surface area contributed by atoms with Crippen molar-refractivity contribution in [1.29, 1.82) is 0 Å². The predicted molar refractivity (Wildman–Crippen MR) is 39.5 cm³/mol. The van der Waals surface area contributed by atoms with Gasteiger partial charge in [0.1, 0.15) is 0 Å². The quantitative estimate of drug-likeness (QED) is 0.508. The molecular formula is C7H16NO2. The summed E-state index contributed by atoms with van der Waals surface area (Å²) in [6.07, 6.45) is 1.01. The molecule has 10 heavy (non-hydrogen) atoms. The van der Waals surface area contributed by atoms with E-state index in [2.05, 4.69) is 0 Å². The molecule has 61 valence electrons. The van der Waals surface area contributed by atoms with Crippen molar-refractivity contribution in [2.75, 3.05) is 40.5 Å². The van der Waals surface area contributed by atoms with E-state index in [1.807, 2.05) is 11.9 Å². The molecule has 0 amide bonds. The number of methoxy groups -OCH3 is 1. The van der Waals surface area contributed by atoms with E-state index < -0.39 is 0 Å². The molecule has 0 saturated carbocycles. The molecule has 0 aromatic heterocycles. The number of rotatable bonds is 6. The molecule has 0 aliphatic carbocycles. The van der Waals surface area contributed by atoms with Crippen molar-refractivity contribution in [2.24, 2.45) is 0 Å². The summed E-state index contributed by atoms with van der Waals surface area (Å²) >= 11 is 0. The number of nitrogens with zero attached hydrogens (tertiary/aromatic N) is 1. The van der Waals surface area contributed by atoms with Gasteiger partial charge in [0.15, 0.2) is 0 Å². The van der Waals surface area contributed by atoms with Crippen LogP contribution < -0.4 is 0 Å². The van der Waals surface area contributed by atoms with E-state index in [0.717, 1.165) is 19.6 Å². The van der Waals surface area contributed by atoms with Gasteiger partial charge < -0.3 is 9.64 Å². The van der Waals surface area contributed by atoms with Gasteiger partial charge in [0, 0.05) is 26.8 Å². The van der Waals surface area contributed by atoms with Crippen molar-refractivity contribution in [3.63, 3.8) is 0 Å². The minimum atomic E-state index is -0.0104. The number of hydrogen-bond acceptors (Lipinski definition) is 2. The van der Waals surface area contributed by atoms with Gasteiger partial charge in [-0.15, -0.1) is 0 Å². The highest BCUT2D eigenvalue weighted by Gasteiger charge is 1.95. The Morgan fingerprint density at radius 1 is 1.40 bits per heavy atom. The van der Waals surface area contributed by atoms with Crippen LogP contribution in [0.3, 0.4) is 0 Å². The first-order valence-corrected chi connectivity index (χ1v) is 3.57. The van der Waals surface area contributed by atoms with E-state index in [1.54, 1.807) is 7.11 Å². The van der Waals surface area contributed by atoms with E-state index >= 15 is 0 Å². The van der Waals surface area contributed by atoms with Crippen molar-refractivity contribution in [3.8, 4) is 0 Å². The molecule has 1 radical (unpaired) electrons. The Labute approximate surface area is 62.6 Å². The van der Waals surface area contributed by atoms with Crippen LogP contribution in [-0.2, 0) is 9.84 Å². The van der Waals surface area contributed by atoms with E-state index in [4.69, 9.17) is 4.74 Å². The van der Waals surface area contributed by atoms with Gasteiger partial charge in [-0.2, -0.15) is 0 Å². The molecule has 0 aromatic carbocycles. The molecule has 0 N–H and O–H groups in total. The lowest BCUT2D eigenvalue weighted by atomic mass is 10.4. The van der Waals surface area contributed by atoms with Crippen molar-refractivity contribution < 1.29 is 9.84 Å². The van der Waals surface area contributed by atoms with Crippen molar-refractivity contribution in [3.05, 3.63) is 0 Å². The fourth-order valence-electron chi connectivity index (χ4n) is 0.746. The van der Waals surface area contributed by atoms with Crippen LogP contribution in [0.4, 0.5) is 0 Å². The summed E-state index contributed by atoms with van der Waals surface area (Å²) in [6, 6.07) is 0. The molecule has 0 aliphatic heterocycles. The van der Waals surface area contributed by atoms with Crippen molar-refractivity contribution in [2.45, 2.75) is 6.42 Å². The van der Waals surface area contributed by atoms with E-state index in [-0.39, 0.29) is 6.61 Å². The minimum Gasteiger partial charge on any atom is -0.385 e. The fourth-order valence-corrected chi connectivity index (χ4v) is 0.746. The highest BCUT2D eigenvalue weighted by atomic mass is 16.5. The molecule has 0 spiro atoms. The second-order valence-electron chi connectivity index (χ2n) is 2.35. The topological polar surface area (TPSA) is 32.4 Å². The molecule has 0 fully saturated rings. The highest BCUT2D eigenvalue weighted by molar-refractivity contribution is 4.48. The van der Waals surface area contributed by atoms with Gasteiger partial charge in [-0.1, -0.05) is 0 Å². The van der Waals surface area contributed by atoms with Crippen LogP contribution in [0.15, 0.2) is 0 Å². The molecule has 3 heteroatoms. The molecule has 3 nitrogen and oxygen atoms in total. The maximum Gasteiger partial charge on any atom is 0.0949 e. The maximum absolute atomic E-state index is 10.1. The minimum absolute atomic E-state index is 0.0104. The summed E-state index contributed by atoms with van der Waals surface area (Å²) in [4.78, 5) is 2.02. The number of hydrogen-bond donors (Lipinski definition) is 0. The Balaban J connectivity index is 2.97. The zero-order chi connectivity index (χ0) is 7.82. The summed E-state index contributed by atoms with van der Waals surface area (Å²) in [7, 11) is 3.64. The second-order valence-corrected chi connectivity index (χ2v) is 2.35. The Hall–Kier alpha value is -0.120. The average Bonchev–Trinajstić information content (AvgIpc) is 1.89. The molecule has 0 bridgehead atoms. The summed E-state index contributed by atoms with van der Waals surface area (Å²) < 4.78 is 4.87. The summed E-state index contributed by atoms with van der Waals surface area (Å²) in [5.74, 6) is 0. The van der Waals surface area contributed by atoms with Crippen LogP contribution >= 0.6 is 0 Å². The third-order valence-electron chi connectivity index (χ3n) is 1.36. The van der Waals surface area contributed by atoms with Gasteiger partial charge in [0.2, 0.25) is 0 Å². The summed E-state index contributed by atoms with van der Waals surface area (Å²) in [5.41, 5.74) is 0. The van der Waals surface area contributed by atoms with E-state index in [9.17, 15) is 5.11 Å². The SMILES string of the molecule is COCCCN(C)CC[O].